The third-order valence-corrected chi connectivity index (χ3v) is 6.09. The number of anilines is 2. The molecule has 0 bridgehead atoms. The molecule has 1 aromatic carbocycles. The van der Waals surface area contributed by atoms with Crippen molar-refractivity contribution in [2.75, 3.05) is 24.1 Å². The van der Waals surface area contributed by atoms with Crippen LogP contribution in [0.2, 0.25) is 0 Å². The molecule has 0 radical (unpaired) electrons. The van der Waals surface area contributed by atoms with E-state index in [9.17, 15) is 14.4 Å². The fourth-order valence-electron chi connectivity index (χ4n) is 4.35. The maximum absolute atomic E-state index is 13.1. The lowest BCUT2D eigenvalue weighted by Gasteiger charge is -2.39. The van der Waals surface area contributed by atoms with Crippen LogP contribution in [0.3, 0.4) is 0 Å². The van der Waals surface area contributed by atoms with Crippen molar-refractivity contribution < 1.29 is 14.4 Å². The van der Waals surface area contributed by atoms with Crippen LogP contribution in [0.15, 0.2) is 30.5 Å². The van der Waals surface area contributed by atoms with E-state index in [1.807, 2.05) is 18.2 Å². The molecule has 2 aromatic rings. The fraction of sp³-hybridized carbons (Fsp3) is 0.391. The van der Waals surface area contributed by atoms with Crippen molar-refractivity contribution >= 4 is 29.2 Å². The summed E-state index contributed by atoms with van der Waals surface area (Å²) in [5, 5.41) is 5.49. The number of rotatable bonds is 2. The summed E-state index contributed by atoms with van der Waals surface area (Å²) in [4.78, 5) is 43.6. The molecular formula is C23H27N5O3. The van der Waals surface area contributed by atoms with Crippen LogP contribution in [0, 0.1) is 12.8 Å². The van der Waals surface area contributed by atoms with Gasteiger partial charge in [-0.25, -0.2) is 4.98 Å². The molecule has 0 spiro atoms. The average molecular weight is 422 g/mol. The number of piperidine rings is 1. The molecular weight excluding hydrogens is 394 g/mol. The highest BCUT2D eigenvalue weighted by atomic mass is 16.2. The molecule has 3 heterocycles. The van der Waals surface area contributed by atoms with Gasteiger partial charge in [-0.3, -0.25) is 14.4 Å². The van der Waals surface area contributed by atoms with Crippen LogP contribution < -0.4 is 16.4 Å². The van der Waals surface area contributed by atoms with Gasteiger partial charge in [-0.2, -0.15) is 0 Å². The standard InChI is InChI=1S/C23H27N5O3/c1-13-3-6-19(16-4-5-18-15(10-16)7-8-25-21(18)29)28(12-13)23(31)22(30)27-17-9-14(2)20(24)26-11-17/h4-5,9-11,13,19H,3,6-8,12H2,1-2H3,(H2,24,26)(H,25,29)(H,27,30)/t13-,19?/m0/s1. The molecule has 2 aliphatic heterocycles. The van der Waals surface area contributed by atoms with E-state index in [1.54, 1.807) is 17.9 Å². The number of fused-ring (bicyclic) bond motifs is 1. The van der Waals surface area contributed by atoms with Gasteiger partial charge in [-0.05, 0) is 60.9 Å². The van der Waals surface area contributed by atoms with Crippen LogP contribution in [0.1, 0.15) is 52.9 Å². The number of aryl methyl sites for hydroxylation is 1. The summed E-state index contributed by atoms with van der Waals surface area (Å²) in [7, 11) is 0. The molecule has 1 fully saturated rings. The lowest BCUT2D eigenvalue weighted by molar-refractivity contribution is -0.146. The Balaban J connectivity index is 1.57. The molecule has 31 heavy (non-hydrogen) atoms. The Morgan fingerprint density at radius 2 is 2.06 bits per heavy atom. The third-order valence-electron chi connectivity index (χ3n) is 6.09. The van der Waals surface area contributed by atoms with E-state index in [0.29, 0.717) is 36.1 Å². The van der Waals surface area contributed by atoms with Crippen molar-refractivity contribution in [2.45, 2.75) is 39.2 Å². The van der Waals surface area contributed by atoms with Gasteiger partial charge in [-0.1, -0.05) is 19.1 Å². The van der Waals surface area contributed by atoms with Gasteiger partial charge in [0.15, 0.2) is 0 Å². The van der Waals surface area contributed by atoms with Crippen LogP contribution in [0.25, 0.3) is 0 Å². The van der Waals surface area contributed by atoms with Gasteiger partial charge in [0.2, 0.25) is 0 Å². The summed E-state index contributed by atoms with van der Waals surface area (Å²) in [5.74, 6) is -0.638. The molecule has 0 saturated carbocycles. The Labute approximate surface area is 181 Å². The smallest absolute Gasteiger partial charge is 0.313 e. The largest absolute Gasteiger partial charge is 0.383 e. The zero-order valence-corrected chi connectivity index (χ0v) is 17.8. The summed E-state index contributed by atoms with van der Waals surface area (Å²) in [6, 6.07) is 7.23. The van der Waals surface area contributed by atoms with Crippen molar-refractivity contribution in [2.24, 2.45) is 5.92 Å². The lowest BCUT2D eigenvalue weighted by atomic mass is 9.87. The number of hydrogen-bond donors (Lipinski definition) is 3. The number of benzene rings is 1. The van der Waals surface area contributed by atoms with Crippen LogP contribution in [0.4, 0.5) is 11.5 Å². The van der Waals surface area contributed by atoms with E-state index >= 15 is 0 Å². The predicted molar refractivity (Wildman–Crippen MR) is 117 cm³/mol. The minimum atomic E-state index is -0.692. The average Bonchev–Trinajstić information content (AvgIpc) is 2.75. The highest BCUT2D eigenvalue weighted by Crippen LogP contribution is 2.34. The second-order valence-corrected chi connectivity index (χ2v) is 8.46. The number of likely N-dealkylation sites (tertiary alicyclic amines) is 1. The second-order valence-electron chi connectivity index (χ2n) is 8.46. The van der Waals surface area contributed by atoms with Crippen molar-refractivity contribution in [3.05, 3.63) is 52.7 Å². The second kappa shape index (κ2) is 8.37. The van der Waals surface area contributed by atoms with Gasteiger partial charge in [0.1, 0.15) is 5.82 Å². The summed E-state index contributed by atoms with van der Waals surface area (Å²) < 4.78 is 0. The zero-order chi connectivity index (χ0) is 22.1. The van der Waals surface area contributed by atoms with Gasteiger partial charge in [0, 0.05) is 18.7 Å². The van der Waals surface area contributed by atoms with Crippen LogP contribution in [0.5, 0.6) is 0 Å². The molecule has 0 aliphatic carbocycles. The topological polar surface area (TPSA) is 117 Å². The van der Waals surface area contributed by atoms with Crippen LogP contribution in [-0.4, -0.2) is 40.7 Å². The number of pyridine rings is 1. The minimum Gasteiger partial charge on any atom is -0.383 e. The van der Waals surface area contributed by atoms with Crippen LogP contribution in [-0.2, 0) is 16.0 Å². The molecule has 1 saturated heterocycles. The maximum atomic E-state index is 13.1. The molecule has 4 N–H and O–H groups in total. The first kappa shape index (κ1) is 20.8. The Morgan fingerprint density at radius 1 is 1.26 bits per heavy atom. The van der Waals surface area contributed by atoms with E-state index in [2.05, 4.69) is 22.5 Å². The predicted octanol–water partition coefficient (Wildman–Crippen LogP) is 2.20. The van der Waals surface area contributed by atoms with Gasteiger partial charge >= 0.3 is 11.8 Å². The highest BCUT2D eigenvalue weighted by molar-refractivity contribution is 6.39. The van der Waals surface area contributed by atoms with Crippen LogP contribution >= 0.6 is 0 Å². The first-order valence-corrected chi connectivity index (χ1v) is 10.6. The molecule has 1 unspecified atom stereocenters. The van der Waals surface area contributed by atoms with E-state index in [4.69, 9.17) is 5.73 Å². The number of nitrogens with two attached hydrogens (primary N) is 1. The van der Waals surface area contributed by atoms with Crippen molar-refractivity contribution in [1.29, 1.82) is 0 Å². The number of carbonyl (C=O) groups excluding carboxylic acids is 3. The molecule has 2 atom stereocenters. The number of nitrogens with one attached hydrogen (secondary N) is 2. The molecule has 2 aliphatic rings. The Hall–Kier alpha value is -3.42. The first-order chi connectivity index (χ1) is 14.8. The van der Waals surface area contributed by atoms with Gasteiger partial charge < -0.3 is 21.3 Å². The monoisotopic (exact) mass is 421 g/mol. The number of nitrogens with zero attached hydrogens (tertiary/aromatic N) is 2. The summed E-state index contributed by atoms with van der Waals surface area (Å²) in [6.07, 6.45) is 3.94. The van der Waals surface area contributed by atoms with E-state index in [0.717, 1.165) is 36.0 Å². The highest BCUT2D eigenvalue weighted by Gasteiger charge is 2.35. The number of aromatic nitrogens is 1. The minimum absolute atomic E-state index is 0.0650. The van der Waals surface area contributed by atoms with E-state index in [-0.39, 0.29) is 11.9 Å². The first-order valence-electron chi connectivity index (χ1n) is 10.6. The molecule has 3 amide bonds. The Bertz CT molecular complexity index is 1050. The molecule has 8 nitrogen and oxygen atoms in total. The Kier molecular flexibility index (Phi) is 5.63. The van der Waals surface area contributed by atoms with E-state index < -0.39 is 11.8 Å². The SMILES string of the molecule is Cc1cc(NC(=O)C(=O)N2C[C@@H](C)CCC2c2ccc3c(c2)CCNC3=O)cnc1N. The van der Waals surface area contributed by atoms with Crippen molar-refractivity contribution in [1.82, 2.24) is 15.2 Å². The summed E-state index contributed by atoms with van der Waals surface area (Å²) in [6.45, 7) is 4.99. The molecule has 4 rings (SSSR count). The summed E-state index contributed by atoms with van der Waals surface area (Å²) in [5.41, 5.74) is 9.53. The maximum Gasteiger partial charge on any atom is 0.313 e. The van der Waals surface area contributed by atoms with Gasteiger partial charge in [0.25, 0.3) is 5.91 Å². The number of hydrogen-bond acceptors (Lipinski definition) is 5. The third kappa shape index (κ3) is 4.23. The molecule has 1 aromatic heterocycles. The number of amides is 3. The van der Waals surface area contributed by atoms with E-state index in [1.165, 1.54) is 6.20 Å². The normalized spacial score (nSPS) is 20.6. The lowest BCUT2D eigenvalue weighted by Crippen LogP contribution is -2.46. The Morgan fingerprint density at radius 3 is 2.84 bits per heavy atom. The quantitative estimate of drug-likeness (QED) is 0.643. The van der Waals surface area contributed by atoms with Crippen molar-refractivity contribution in [3.63, 3.8) is 0 Å². The number of nitrogen functional groups attached to an aromatic ring is 1. The van der Waals surface area contributed by atoms with Crippen molar-refractivity contribution in [3.8, 4) is 0 Å². The summed E-state index contributed by atoms with van der Waals surface area (Å²) >= 11 is 0. The van der Waals surface area contributed by atoms with Gasteiger partial charge in [-0.15, -0.1) is 0 Å². The number of carbonyl (C=O) groups is 3. The molecule has 8 heteroatoms. The molecule has 162 valence electrons. The van der Waals surface area contributed by atoms with Gasteiger partial charge in [0.05, 0.1) is 17.9 Å². The fourth-order valence-corrected chi connectivity index (χ4v) is 4.35. The zero-order valence-electron chi connectivity index (χ0n) is 17.8.